The van der Waals surface area contributed by atoms with Gasteiger partial charge in [0.2, 0.25) is 0 Å². The molecule has 2 atom stereocenters. The molecule has 1 saturated heterocycles. The molecule has 0 saturated carbocycles. The van der Waals surface area contributed by atoms with Gasteiger partial charge in [0.25, 0.3) is 0 Å². The summed E-state index contributed by atoms with van der Waals surface area (Å²) in [5.41, 5.74) is 0. The van der Waals surface area contributed by atoms with Crippen LogP contribution in [0.5, 0.6) is 0 Å². The fourth-order valence-electron chi connectivity index (χ4n) is 1.84. The van der Waals surface area contributed by atoms with Crippen molar-refractivity contribution >= 4 is 17.7 Å². The Labute approximate surface area is 90.3 Å². The van der Waals surface area contributed by atoms with Crippen LogP contribution in [0.1, 0.15) is 20.3 Å². The summed E-state index contributed by atoms with van der Waals surface area (Å²) in [6, 6.07) is 0.526. The van der Waals surface area contributed by atoms with Gasteiger partial charge in [-0.05, 0) is 13.3 Å². The predicted octanol–water partition coefficient (Wildman–Crippen LogP) is 1.16. The minimum Gasteiger partial charge on any atom is -0.352 e. The van der Waals surface area contributed by atoms with Crippen molar-refractivity contribution in [1.29, 1.82) is 0 Å². The summed E-state index contributed by atoms with van der Waals surface area (Å²) in [6.07, 6.45) is 1.28. The predicted molar refractivity (Wildman–Crippen MR) is 63.0 cm³/mol. The number of nitrogens with zero attached hydrogens (tertiary/aromatic N) is 2. The highest BCUT2D eigenvalue weighted by Crippen LogP contribution is 2.19. The number of aliphatic imine (C=N–C) groups is 1. The van der Waals surface area contributed by atoms with E-state index in [1.165, 1.54) is 12.2 Å². The van der Waals surface area contributed by atoms with Gasteiger partial charge in [-0.3, -0.25) is 4.99 Å². The molecule has 0 aliphatic carbocycles. The maximum absolute atomic E-state index is 4.53. The molecule has 0 amide bonds. The van der Waals surface area contributed by atoms with Gasteiger partial charge in [0.1, 0.15) is 0 Å². The van der Waals surface area contributed by atoms with Crippen LogP contribution in [0.15, 0.2) is 4.99 Å². The van der Waals surface area contributed by atoms with E-state index in [1.807, 2.05) is 0 Å². The minimum absolute atomic E-state index is 0.526. The van der Waals surface area contributed by atoms with E-state index >= 15 is 0 Å². The lowest BCUT2D eigenvalue weighted by Gasteiger charge is -2.22. The molecular formula is C10H19N3S. The third-order valence-electron chi connectivity index (χ3n) is 2.76. The van der Waals surface area contributed by atoms with Crippen molar-refractivity contribution in [2.75, 3.05) is 25.4 Å². The monoisotopic (exact) mass is 213 g/mol. The van der Waals surface area contributed by atoms with E-state index in [0.717, 1.165) is 30.8 Å². The molecule has 2 unspecified atom stereocenters. The lowest BCUT2D eigenvalue weighted by Crippen LogP contribution is -2.42. The number of nitrogens with one attached hydrogen (secondary N) is 1. The van der Waals surface area contributed by atoms with Crippen LogP contribution in [0, 0.1) is 0 Å². The van der Waals surface area contributed by atoms with Gasteiger partial charge < -0.3 is 10.2 Å². The lowest BCUT2D eigenvalue weighted by molar-refractivity contribution is 0.428. The smallest absolute Gasteiger partial charge is 0.194 e. The number of hydrogen-bond donors (Lipinski definition) is 1. The fraction of sp³-hybridized carbons (Fsp3) is 0.900. The standard InChI is InChI=1S/C10H19N3S/c1-8-7-11-10(12-8)13-4-3-9(2)14-6-5-13/h8-9H,3-7H2,1-2H3,(H,11,12). The maximum atomic E-state index is 4.53. The van der Waals surface area contributed by atoms with Gasteiger partial charge >= 0.3 is 0 Å². The topological polar surface area (TPSA) is 27.6 Å². The van der Waals surface area contributed by atoms with Crippen LogP contribution in [0.3, 0.4) is 0 Å². The largest absolute Gasteiger partial charge is 0.352 e. The molecule has 0 aromatic rings. The third kappa shape index (κ3) is 2.35. The zero-order valence-electron chi connectivity index (χ0n) is 8.99. The Balaban J connectivity index is 1.91. The Morgan fingerprint density at radius 3 is 3.00 bits per heavy atom. The minimum atomic E-state index is 0.526. The molecule has 4 heteroatoms. The lowest BCUT2D eigenvalue weighted by atomic mass is 10.3. The Morgan fingerprint density at radius 2 is 2.29 bits per heavy atom. The molecule has 0 aromatic heterocycles. The highest BCUT2D eigenvalue weighted by molar-refractivity contribution is 7.99. The molecule has 2 rings (SSSR count). The Morgan fingerprint density at radius 1 is 1.43 bits per heavy atom. The average Bonchev–Trinajstić information content (AvgIpc) is 2.46. The highest BCUT2D eigenvalue weighted by Gasteiger charge is 2.21. The van der Waals surface area contributed by atoms with E-state index < -0.39 is 0 Å². The van der Waals surface area contributed by atoms with Gasteiger partial charge in [-0.25, -0.2) is 0 Å². The maximum Gasteiger partial charge on any atom is 0.194 e. The summed E-state index contributed by atoms with van der Waals surface area (Å²) in [5, 5.41) is 4.24. The molecule has 2 aliphatic heterocycles. The van der Waals surface area contributed by atoms with E-state index in [1.54, 1.807) is 0 Å². The highest BCUT2D eigenvalue weighted by atomic mass is 32.2. The molecule has 2 heterocycles. The van der Waals surface area contributed by atoms with Crippen molar-refractivity contribution in [2.45, 2.75) is 31.6 Å². The van der Waals surface area contributed by atoms with E-state index in [4.69, 9.17) is 0 Å². The van der Waals surface area contributed by atoms with E-state index in [2.05, 4.69) is 40.8 Å². The molecule has 1 fully saturated rings. The van der Waals surface area contributed by atoms with Gasteiger partial charge in [-0.15, -0.1) is 0 Å². The first-order valence-corrected chi connectivity index (χ1v) is 6.48. The van der Waals surface area contributed by atoms with Crippen LogP contribution in [0.2, 0.25) is 0 Å². The van der Waals surface area contributed by atoms with Crippen molar-refractivity contribution in [3.8, 4) is 0 Å². The first-order chi connectivity index (χ1) is 6.75. The van der Waals surface area contributed by atoms with Crippen LogP contribution < -0.4 is 5.32 Å². The molecule has 0 bridgehead atoms. The molecule has 80 valence electrons. The number of hydrogen-bond acceptors (Lipinski definition) is 4. The summed E-state index contributed by atoms with van der Waals surface area (Å²) in [6.45, 7) is 7.75. The van der Waals surface area contributed by atoms with Crippen molar-refractivity contribution in [2.24, 2.45) is 4.99 Å². The van der Waals surface area contributed by atoms with Gasteiger partial charge in [-0.1, -0.05) is 6.92 Å². The Hall–Kier alpha value is -0.380. The summed E-state index contributed by atoms with van der Waals surface area (Å²) in [7, 11) is 0. The van der Waals surface area contributed by atoms with Crippen molar-refractivity contribution < 1.29 is 0 Å². The summed E-state index contributed by atoms with van der Waals surface area (Å²) >= 11 is 2.08. The number of thioether (sulfide) groups is 1. The van der Waals surface area contributed by atoms with Gasteiger partial charge in [0, 0.05) is 30.1 Å². The molecule has 14 heavy (non-hydrogen) atoms. The van der Waals surface area contributed by atoms with Crippen molar-refractivity contribution in [3.05, 3.63) is 0 Å². The summed E-state index contributed by atoms with van der Waals surface area (Å²) < 4.78 is 0. The van der Waals surface area contributed by atoms with Crippen LogP contribution in [-0.2, 0) is 0 Å². The second-order valence-electron chi connectivity index (χ2n) is 4.17. The van der Waals surface area contributed by atoms with Crippen LogP contribution >= 0.6 is 11.8 Å². The first-order valence-electron chi connectivity index (χ1n) is 5.43. The number of guanidine groups is 1. The molecule has 0 radical (unpaired) electrons. The van der Waals surface area contributed by atoms with E-state index in [0.29, 0.717) is 6.04 Å². The quantitative estimate of drug-likeness (QED) is 0.654. The zero-order chi connectivity index (χ0) is 9.97. The first kappa shape index (κ1) is 10.1. The fourth-order valence-corrected chi connectivity index (χ4v) is 2.84. The summed E-state index contributed by atoms with van der Waals surface area (Å²) in [4.78, 5) is 6.93. The van der Waals surface area contributed by atoms with E-state index in [-0.39, 0.29) is 0 Å². The normalized spacial score (nSPS) is 33.6. The van der Waals surface area contributed by atoms with Gasteiger partial charge in [-0.2, -0.15) is 11.8 Å². The second-order valence-corrected chi connectivity index (χ2v) is 5.71. The van der Waals surface area contributed by atoms with E-state index in [9.17, 15) is 0 Å². The van der Waals surface area contributed by atoms with Crippen molar-refractivity contribution in [1.82, 2.24) is 10.2 Å². The average molecular weight is 213 g/mol. The van der Waals surface area contributed by atoms with Crippen LogP contribution in [0.25, 0.3) is 0 Å². The third-order valence-corrected chi connectivity index (χ3v) is 3.98. The molecule has 2 aliphatic rings. The van der Waals surface area contributed by atoms with Crippen LogP contribution in [0.4, 0.5) is 0 Å². The summed E-state index contributed by atoms with van der Waals surface area (Å²) in [5.74, 6) is 2.36. The second kappa shape index (κ2) is 4.43. The zero-order valence-corrected chi connectivity index (χ0v) is 9.81. The Bertz CT molecular complexity index is 229. The number of rotatable bonds is 0. The molecule has 0 aromatic carbocycles. The SMILES string of the molecule is CC1CN=C(N2CCSC(C)CC2)N1. The molecular weight excluding hydrogens is 194 g/mol. The van der Waals surface area contributed by atoms with Gasteiger partial charge in [0.15, 0.2) is 5.96 Å². The molecule has 1 N–H and O–H groups in total. The van der Waals surface area contributed by atoms with Crippen LogP contribution in [-0.4, -0.2) is 47.5 Å². The Kier molecular flexibility index (Phi) is 3.21. The van der Waals surface area contributed by atoms with Crippen molar-refractivity contribution in [3.63, 3.8) is 0 Å². The van der Waals surface area contributed by atoms with Gasteiger partial charge in [0.05, 0.1) is 6.54 Å². The molecule has 0 spiro atoms. The molecule has 3 nitrogen and oxygen atoms in total.